The molecule has 2 aliphatic heterocycles. The molecule has 0 unspecified atom stereocenters. The minimum Gasteiger partial charge on any atom is -0.325 e. The van der Waals surface area contributed by atoms with Crippen LogP contribution in [0.3, 0.4) is 0 Å². The van der Waals surface area contributed by atoms with Crippen molar-refractivity contribution in [1.82, 2.24) is 5.32 Å². The molecule has 214 valence electrons. The Balaban J connectivity index is 1.53. The van der Waals surface area contributed by atoms with Crippen LogP contribution in [-0.4, -0.2) is 38.1 Å². The van der Waals surface area contributed by atoms with Crippen LogP contribution in [0.1, 0.15) is 49.1 Å². The van der Waals surface area contributed by atoms with Crippen molar-refractivity contribution in [3.63, 3.8) is 0 Å². The summed E-state index contributed by atoms with van der Waals surface area (Å²) in [6, 6.07) is 14.6. The number of sulfone groups is 1. The topological polar surface area (TPSA) is 104 Å². The van der Waals surface area contributed by atoms with Gasteiger partial charge in [0.2, 0.25) is 11.8 Å². The lowest BCUT2D eigenvalue weighted by molar-refractivity contribution is -0.124. The highest BCUT2D eigenvalue weighted by Crippen LogP contribution is 2.62. The van der Waals surface area contributed by atoms with E-state index in [2.05, 4.69) is 16.0 Å². The zero-order valence-electron chi connectivity index (χ0n) is 22.1. The number of carbonyl (C=O) groups excluding carboxylic acids is 2. The van der Waals surface area contributed by atoms with Crippen LogP contribution in [0.5, 0.6) is 0 Å². The number of nitrogens with one attached hydrogen (secondary N) is 3. The third-order valence-electron chi connectivity index (χ3n) is 8.86. The average molecular weight is 617 g/mol. The Labute approximate surface area is 247 Å². The molecule has 3 aromatic carbocycles. The summed E-state index contributed by atoms with van der Waals surface area (Å²) in [5, 5.41) is 9.77. The van der Waals surface area contributed by atoms with Gasteiger partial charge in [-0.3, -0.25) is 14.9 Å². The van der Waals surface area contributed by atoms with Crippen molar-refractivity contribution in [2.75, 3.05) is 16.9 Å². The highest BCUT2D eigenvalue weighted by atomic mass is 35.5. The summed E-state index contributed by atoms with van der Waals surface area (Å²) < 4.78 is 39.8. The van der Waals surface area contributed by atoms with Gasteiger partial charge in [-0.15, -0.1) is 0 Å². The monoisotopic (exact) mass is 615 g/mol. The molecule has 0 radical (unpaired) electrons. The fourth-order valence-corrected chi connectivity index (χ4v) is 8.21. The predicted octanol–water partition coefficient (Wildman–Crippen LogP) is 5.82. The first kappa shape index (κ1) is 28.2. The zero-order chi connectivity index (χ0) is 29.2. The van der Waals surface area contributed by atoms with Gasteiger partial charge < -0.3 is 10.6 Å². The van der Waals surface area contributed by atoms with E-state index in [1.54, 1.807) is 30.3 Å². The lowest BCUT2D eigenvalue weighted by Crippen LogP contribution is -2.60. The van der Waals surface area contributed by atoms with E-state index in [4.69, 9.17) is 23.2 Å². The van der Waals surface area contributed by atoms with E-state index in [1.807, 2.05) is 0 Å². The second-order valence-electron chi connectivity index (χ2n) is 11.1. The second kappa shape index (κ2) is 10.1. The molecule has 3 aromatic rings. The van der Waals surface area contributed by atoms with Gasteiger partial charge in [0, 0.05) is 34.1 Å². The molecular formula is C30H28Cl2FN3O4S. The number of carbonyl (C=O) groups is 2. The minimum absolute atomic E-state index is 0.104. The summed E-state index contributed by atoms with van der Waals surface area (Å²) in [6.45, 7) is 0. The summed E-state index contributed by atoms with van der Waals surface area (Å²) in [5.74, 6) is -2.43. The first-order valence-electron chi connectivity index (χ1n) is 13.4. The molecule has 3 N–H and O–H groups in total. The highest BCUT2D eigenvalue weighted by molar-refractivity contribution is 7.90. The second-order valence-corrected chi connectivity index (χ2v) is 14.0. The lowest BCUT2D eigenvalue weighted by Gasteiger charge is -2.47. The highest BCUT2D eigenvalue weighted by Gasteiger charge is 2.72. The Morgan fingerprint density at radius 2 is 1.73 bits per heavy atom. The van der Waals surface area contributed by atoms with Crippen molar-refractivity contribution in [1.29, 1.82) is 0 Å². The quantitative estimate of drug-likeness (QED) is 0.343. The van der Waals surface area contributed by atoms with E-state index in [1.165, 1.54) is 30.3 Å². The van der Waals surface area contributed by atoms with Crippen LogP contribution >= 0.6 is 23.2 Å². The fraction of sp³-hybridized carbons (Fsp3) is 0.333. The molecule has 11 heteroatoms. The van der Waals surface area contributed by atoms with E-state index < -0.39 is 44.5 Å². The van der Waals surface area contributed by atoms with Crippen molar-refractivity contribution in [3.8, 4) is 0 Å². The first-order chi connectivity index (χ1) is 19.5. The Kier molecular flexibility index (Phi) is 6.92. The molecule has 0 aromatic heterocycles. The van der Waals surface area contributed by atoms with Gasteiger partial charge in [-0.25, -0.2) is 12.8 Å². The van der Waals surface area contributed by atoms with Gasteiger partial charge in [-0.05, 0) is 66.4 Å². The fourth-order valence-electron chi connectivity index (χ4n) is 7.22. The summed E-state index contributed by atoms with van der Waals surface area (Å²) in [4.78, 5) is 28.6. The SMILES string of the molecule is CS(=O)(=O)c1ccc(NC(=O)[C@@H]2NC3(CCCCC3)[C@@]3(C(=O)Nc4cc(Cl)ccc43)[C@H]2c2cccc(Cl)c2F)cc1. The summed E-state index contributed by atoms with van der Waals surface area (Å²) in [6.07, 6.45) is 4.96. The first-order valence-corrected chi connectivity index (χ1v) is 16.1. The number of fused-ring (bicyclic) bond motifs is 3. The van der Waals surface area contributed by atoms with E-state index in [0.717, 1.165) is 25.5 Å². The van der Waals surface area contributed by atoms with Crippen LogP contribution in [-0.2, 0) is 24.8 Å². The van der Waals surface area contributed by atoms with Gasteiger partial charge in [0.1, 0.15) is 11.2 Å². The normalized spacial score (nSPS) is 24.8. The third-order valence-corrected chi connectivity index (χ3v) is 10.5. The number of anilines is 2. The molecule has 6 rings (SSSR count). The van der Waals surface area contributed by atoms with Crippen LogP contribution < -0.4 is 16.0 Å². The van der Waals surface area contributed by atoms with Crippen LogP contribution in [0.15, 0.2) is 65.6 Å². The molecule has 41 heavy (non-hydrogen) atoms. The van der Waals surface area contributed by atoms with E-state index in [-0.39, 0.29) is 21.4 Å². The maximum atomic E-state index is 15.9. The molecule has 2 amide bonds. The summed E-state index contributed by atoms with van der Waals surface area (Å²) >= 11 is 12.6. The Hall–Kier alpha value is -2.98. The number of benzene rings is 3. The molecule has 2 heterocycles. The number of hydrogen-bond donors (Lipinski definition) is 3. The van der Waals surface area contributed by atoms with Crippen molar-refractivity contribution < 1.29 is 22.4 Å². The van der Waals surface area contributed by atoms with Crippen LogP contribution in [0.4, 0.5) is 15.8 Å². The molecule has 3 aliphatic rings. The summed E-state index contributed by atoms with van der Waals surface area (Å²) in [7, 11) is -3.42. The maximum absolute atomic E-state index is 15.9. The number of halogens is 3. The Morgan fingerprint density at radius 1 is 1.02 bits per heavy atom. The molecule has 0 bridgehead atoms. The van der Waals surface area contributed by atoms with Gasteiger partial charge in [0.05, 0.1) is 16.0 Å². The van der Waals surface area contributed by atoms with E-state index >= 15 is 4.39 Å². The molecule has 3 atom stereocenters. The number of rotatable bonds is 4. The van der Waals surface area contributed by atoms with Crippen molar-refractivity contribution in [2.24, 2.45) is 0 Å². The molecule has 1 saturated carbocycles. The molecule has 1 saturated heterocycles. The molecule has 2 fully saturated rings. The van der Waals surface area contributed by atoms with Gasteiger partial charge >= 0.3 is 0 Å². The Bertz CT molecular complexity index is 1680. The summed E-state index contributed by atoms with van der Waals surface area (Å²) in [5.41, 5.74) is -0.441. The minimum atomic E-state index is -3.42. The van der Waals surface area contributed by atoms with Gasteiger partial charge in [0.15, 0.2) is 9.84 Å². The van der Waals surface area contributed by atoms with Crippen LogP contribution in [0.25, 0.3) is 0 Å². The van der Waals surface area contributed by atoms with Gasteiger partial charge in [-0.2, -0.15) is 0 Å². The maximum Gasteiger partial charge on any atom is 0.242 e. The largest absolute Gasteiger partial charge is 0.325 e. The van der Waals surface area contributed by atoms with Crippen molar-refractivity contribution in [3.05, 3.63) is 87.7 Å². The smallest absolute Gasteiger partial charge is 0.242 e. The van der Waals surface area contributed by atoms with Crippen molar-refractivity contribution in [2.45, 2.75) is 59.9 Å². The van der Waals surface area contributed by atoms with E-state index in [0.29, 0.717) is 34.8 Å². The molecule has 1 aliphatic carbocycles. The van der Waals surface area contributed by atoms with E-state index in [9.17, 15) is 18.0 Å². The van der Waals surface area contributed by atoms with Gasteiger partial charge in [0.25, 0.3) is 0 Å². The van der Waals surface area contributed by atoms with Gasteiger partial charge in [-0.1, -0.05) is 60.7 Å². The third kappa shape index (κ3) is 4.36. The van der Waals surface area contributed by atoms with Crippen molar-refractivity contribution >= 4 is 56.2 Å². The molecule has 7 nitrogen and oxygen atoms in total. The molecule has 2 spiro atoms. The number of hydrogen-bond acceptors (Lipinski definition) is 5. The predicted molar refractivity (Wildman–Crippen MR) is 157 cm³/mol. The van der Waals surface area contributed by atoms with Crippen LogP contribution in [0.2, 0.25) is 10.0 Å². The Morgan fingerprint density at radius 3 is 2.41 bits per heavy atom. The standard InChI is InChI=1S/C30H28Cl2FN3O4S/c1-41(39,40)19-11-9-18(10-12-19)34-27(37)26-24(20-6-5-7-22(32)25(20)33)30(29(36-26)14-3-2-4-15-29)21-13-8-17(31)16-23(21)35-28(30)38/h5-13,16,24,26,36H,2-4,14-15H2,1H3,(H,34,37)(H,35,38)/t24-,26+,30+/m0/s1. The van der Waals surface area contributed by atoms with Crippen LogP contribution in [0, 0.1) is 5.82 Å². The average Bonchev–Trinajstić information content (AvgIpc) is 3.38. The zero-order valence-corrected chi connectivity index (χ0v) is 24.5. The molecular weight excluding hydrogens is 588 g/mol. The number of amides is 2. The lowest BCUT2D eigenvalue weighted by atomic mass is 9.55.